The molecular weight excluding hydrogens is 457 g/mol. The Hall–Kier alpha value is -3.96. The van der Waals surface area contributed by atoms with E-state index in [4.69, 9.17) is 0 Å². The van der Waals surface area contributed by atoms with Crippen LogP contribution in [0.3, 0.4) is 0 Å². The molecule has 1 amide bonds. The number of amides is 1. The number of H-pyrrole nitrogens is 1. The lowest BCUT2D eigenvalue weighted by atomic mass is 9.99. The fraction of sp³-hybridized carbons (Fsp3) is 0.318. The van der Waals surface area contributed by atoms with Gasteiger partial charge in [-0.05, 0) is 17.5 Å². The molecule has 3 aromatic rings. The minimum atomic E-state index is -5.16. The number of ketones is 1. The van der Waals surface area contributed by atoms with Gasteiger partial charge in [0.25, 0.3) is 16.9 Å². The summed E-state index contributed by atoms with van der Waals surface area (Å²) in [6, 6.07) is 7.68. The minimum absolute atomic E-state index is 0.102. The maximum absolute atomic E-state index is 13.2. The lowest BCUT2D eigenvalue weighted by Gasteiger charge is -2.23. The number of nitrogens with zero attached hydrogens (tertiary/aromatic N) is 2. The van der Waals surface area contributed by atoms with Crippen molar-refractivity contribution in [1.82, 2.24) is 19.4 Å². The number of carbonyl (C=O) groups excluding carboxylic acids is 2. The average Bonchev–Trinajstić information content (AvgIpc) is 2.77. The molecule has 0 saturated carbocycles. The number of alkyl halides is 3. The van der Waals surface area contributed by atoms with Crippen LogP contribution in [-0.2, 0) is 23.2 Å². The van der Waals surface area contributed by atoms with Gasteiger partial charge in [0.05, 0.1) is 17.1 Å². The first-order chi connectivity index (χ1) is 15.8. The van der Waals surface area contributed by atoms with Crippen molar-refractivity contribution < 1.29 is 22.8 Å². The van der Waals surface area contributed by atoms with Crippen LogP contribution in [0.2, 0.25) is 0 Å². The van der Waals surface area contributed by atoms with Crippen molar-refractivity contribution in [3.8, 4) is 11.3 Å². The van der Waals surface area contributed by atoms with Gasteiger partial charge >= 0.3 is 11.9 Å². The molecule has 2 N–H and O–H groups in total. The molecule has 0 aliphatic carbocycles. The third-order valence-electron chi connectivity index (χ3n) is 5.29. The normalized spacial score (nSPS) is 12.7. The number of carbonyl (C=O) groups is 2. The zero-order chi connectivity index (χ0) is 25.4. The molecule has 9 nitrogen and oxygen atoms in total. The number of rotatable bonds is 6. The monoisotopic (exact) mass is 478 g/mol. The van der Waals surface area contributed by atoms with Gasteiger partial charge < -0.3 is 10.3 Å². The third-order valence-corrected chi connectivity index (χ3v) is 5.29. The van der Waals surface area contributed by atoms with Gasteiger partial charge in [0.2, 0.25) is 5.91 Å². The fourth-order valence-electron chi connectivity index (χ4n) is 3.48. The van der Waals surface area contributed by atoms with Crippen LogP contribution < -0.4 is 22.1 Å². The van der Waals surface area contributed by atoms with E-state index in [0.717, 1.165) is 9.13 Å². The van der Waals surface area contributed by atoms with Gasteiger partial charge in [-0.25, -0.2) is 4.79 Å². The molecule has 0 aliphatic heterocycles. The molecule has 0 saturated heterocycles. The van der Waals surface area contributed by atoms with E-state index < -0.39 is 53.2 Å². The molecule has 1 unspecified atom stereocenters. The number of hydrogen-bond acceptors (Lipinski definition) is 5. The van der Waals surface area contributed by atoms with Crippen LogP contribution in [0.5, 0.6) is 0 Å². The Morgan fingerprint density at radius 1 is 1.06 bits per heavy atom. The Bertz CT molecular complexity index is 1440. The highest BCUT2D eigenvalue weighted by molar-refractivity contribution is 5.93. The molecule has 0 spiro atoms. The molecule has 1 atom stereocenters. The van der Waals surface area contributed by atoms with Gasteiger partial charge in [-0.15, -0.1) is 0 Å². The molecule has 34 heavy (non-hydrogen) atoms. The Morgan fingerprint density at radius 3 is 2.24 bits per heavy atom. The number of fused-ring (bicyclic) bond motifs is 1. The number of halogens is 3. The molecule has 0 bridgehead atoms. The van der Waals surface area contributed by atoms with Crippen molar-refractivity contribution >= 4 is 22.6 Å². The predicted molar refractivity (Wildman–Crippen MR) is 117 cm³/mol. The van der Waals surface area contributed by atoms with Crippen LogP contribution in [0.25, 0.3) is 22.2 Å². The summed E-state index contributed by atoms with van der Waals surface area (Å²) in [4.78, 5) is 64.5. The van der Waals surface area contributed by atoms with Crippen molar-refractivity contribution in [3.05, 3.63) is 67.6 Å². The number of benzene rings is 1. The van der Waals surface area contributed by atoms with Crippen molar-refractivity contribution in [2.45, 2.75) is 32.6 Å². The topological polar surface area (TPSA) is 123 Å². The van der Waals surface area contributed by atoms with E-state index in [1.54, 1.807) is 30.3 Å². The van der Waals surface area contributed by atoms with E-state index in [1.165, 1.54) is 27.0 Å². The maximum Gasteiger partial charge on any atom is 0.452 e. The smallest absolute Gasteiger partial charge is 0.344 e. The summed E-state index contributed by atoms with van der Waals surface area (Å²) in [6.45, 7) is 1.92. The SMILES string of the molecule is CC(C)C(NC(=O)Cn1c(-c2ccccc2)cc2c(=O)n(C)c(=O)[nH]c2c1=O)C(=O)C(F)(F)F. The summed E-state index contributed by atoms with van der Waals surface area (Å²) in [6.07, 6.45) is -5.16. The van der Waals surface area contributed by atoms with Crippen molar-refractivity contribution in [1.29, 1.82) is 0 Å². The van der Waals surface area contributed by atoms with E-state index >= 15 is 0 Å². The quantitative estimate of drug-likeness (QED) is 0.554. The van der Waals surface area contributed by atoms with E-state index in [9.17, 15) is 37.1 Å². The highest BCUT2D eigenvalue weighted by atomic mass is 19.4. The number of hydrogen-bond donors (Lipinski definition) is 2. The largest absolute Gasteiger partial charge is 0.452 e. The van der Waals surface area contributed by atoms with Gasteiger partial charge in [-0.1, -0.05) is 44.2 Å². The van der Waals surface area contributed by atoms with E-state index in [-0.39, 0.29) is 16.6 Å². The average molecular weight is 478 g/mol. The second kappa shape index (κ2) is 9.12. The molecule has 2 aromatic heterocycles. The standard InChI is InChI=1S/C22H21F3N4O5/c1-11(2)16(18(31)22(23,24)25)26-15(30)10-29-14(12-7-5-4-6-8-12)9-13-17(20(29)33)27-21(34)28(3)19(13)32/h4-9,11,16H,10H2,1-3H3,(H,26,30)(H,27,34). The van der Waals surface area contributed by atoms with Crippen molar-refractivity contribution in [2.24, 2.45) is 13.0 Å². The van der Waals surface area contributed by atoms with Crippen molar-refractivity contribution in [3.63, 3.8) is 0 Å². The lowest BCUT2D eigenvalue weighted by Crippen LogP contribution is -2.51. The first-order valence-electron chi connectivity index (χ1n) is 10.2. The Kier molecular flexibility index (Phi) is 6.62. The van der Waals surface area contributed by atoms with E-state index in [0.29, 0.717) is 5.56 Å². The molecule has 180 valence electrons. The van der Waals surface area contributed by atoms with Crippen molar-refractivity contribution in [2.75, 3.05) is 0 Å². The molecule has 2 heterocycles. The molecular formula is C22H21F3N4O5. The fourth-order valence-corrected chi connectivity index (χ4v) is 3.48. The van der Waals surface area contributed by atoms with Crippen LogP contribution in [0.4, 0.5) is 13.2 Å². The first kappa shape index (κ1) is 24.7. The van der Waals surface area contributed by atoms with Crippen LogP contribution >= 0.6 is 0 Å². The second-order valence-corrected chi connectivity index (χ2v) is 8.02. The number of nitrogens with one attached hydrogen (secondary N) is 2. The molecule has 0 fully saturated rings. The minimum Gasteiger partial charge on any atom is -0.344 e. The van der Waals surface area contributed by atoms with Gasteiger partial charge in [-0.3, -0.25) is 28.3 Å². The molecule has 3 rings (SSSR count). The Labute approximate surface area is 189 Å². The van der Waals surface area contributed by atoms with Crippen LogP contribution in [-0.4, -0.2) is 38.0 Å². The highest BCUT2D eigenvalue weighted by Gasteiger charge is 2.45. The second-order valence-electron chi connectivity index (χ2n) is 8.02. The third kappa shape index (κ3) is 4.70. The maximum atomic E-state index is 13.2. The Balaban J connectivity index is 2.15. The number of aromatic nitrogens is 3. The molecule has 0 radical (unpaired) electrons. The number of pyridine rings is 1. The summed E-state index contributed by atoms with van der Waals surface area (Å²) in [5.74, 6) is -4.02. The lowest BCUT2D eigenvalue weighted by molar-refractivity contribution is -0.174. The van der Waals surface area contributed by atoms with Gasteiger partial charge in [0.1, 0.15) is 12.1 Å². The van der Waals surface area contributed by atoms with E-state index in [1.807, 2.05) is 0 Å². The zero-order valence-corrected chi connectivity index (χ0v) is 18.4. The zero-order valence-electron chi connectivity index (χ0n) is 18.4. The summed E-state index contributed by atoms with van der Waals surface area (Å²) < 4.78 is 40.6. The highest BCUT2D eigenvalue weighted by Crippen LogP contribution is 2.22. The number of aromatic amines is 1. The predicted octanol–water partition coefficient (Wildman–Crippen LogP) is 1.33. The summed E-state index contributed by atoms with van der Waals surface area (Å²) in [7, 11) is 1.23. The first-order valence-corrected chi connectivity index (χ1v) is 10.2. The van der Waals surface area contributed by atoms with Crippen LogP contribution in [0.15, 0.2) is 50.8 Å². The van der Waals surface area contributed by atoms with Crippen LogP contribution in [0.1, 0.15) is 13.8 Å². The summed E-state index contributed by atoms with van der Waals surface area (Å²) in [5, 5.41) is 1.95. The number of Topliss-reactive ketones (excluding diaryl/α,β-unsaturated/α-hetero) is 1. The molecule has 12 heteroatoms. The van der Waals surface area contributed by atoms with Crippen LogP contribution in [0, 0.1) is 5.92 Å². The van der Waals surface area contributed by atoms with Gasteiger partial charge in [0, 0.05) is 7.05 Å². The molecule has 0 aliphatic rings. The van der Waals surface area contributed by atoms with Gasteiger partial charge in [0.15, 0.2) is 0 Å². The van der Waals surface area contributed by atoms with Gasteiger partial charge in [-0.2, -0.15) is 13.2 Å². The van der Waals surface area contributed by atoms with E-state index in [2.05, 4.69) is 10.3 Å². The summed E-state index contributed by atoms with van der Waals surface area (Å²) in [5.41, 5.74) is -2.28. The summed E-state index contributed by atoms with van der Waals surface area (Å²) >= 11 is 0. The molecule has 1 aromatic carbocycles. The Morgan fingerprint density at radius 2 is 1.68 bits per heavy atom.